The number of fused-ring (bicyclic) bond motifs is 1. The highest BCUT2D eigenvalue weighted by atomic mass is 35.5. The molecule has 0 aliphatic carbocycles. The predicted octanol–water partition coefficient (Wildman–Crippen LogP) is 5.22. The summed E-state index contributed by atoms with van der Waals surface area (Å²) in [5.74, 6) is 0.327. The fraction of sp³-hybridized carbons (Fsp3) is 0.250. The summed E-state index contributed by atoms with van der Waals surface area (Å²) >= 11 is 7.78. The summed E-state index contributed by atoms with van der Waals surface area (Å²) in [6.45, 7) is 3.94. The van der Waals surface area contributed by atoms with Gasteiger partial charge in [0, 0.05) is 52.7 Å². The van der Waals surface area contributed by atoms with Crippen molar-refractivity contribution < 1.29 is 14.3 Å². The molecule has 1 aromatic carbocycles. The smallest absolute Gasteiger partial charge is 0.318 e. The summed E-state index contributed by atoms with van der Waals surface area (Å²) in [4.78, 5) is 21.6. The van der Waals surface area contributed by atoms with Gasteiger partial charge in [0.2, 0.25) is 0 Å². The lowest BCUT2D eigenvalue weighted by atomic mass is 10.0. The van der Waals surface area contributed by atoms with Crippen LogP contribution >= 0.6 is 23.4 Å². The van der Waals surface area contributed by atoms with E-state index in [4.69, 9.17) is 26.1 Å². The summed E-state index contributed by atoms with van der Waals surface area (Å²) < 4.78 is 12.9. The Bertz CT molecular complexity index is 1320. The Morgan fingerprint density at radius 2 is 2.09 bits per heavy atom. The van der Waals surface area contributed by atoms with Gasteiger partial charge in [-0.15, -0.1) is 11.8 Å². The van der Waals surface area contributed by atoms with Crippen LogP contribution in [0.25, 0.3) is 22.2 Å². The van der Waals surface area contributed by atoms with Crippen molar-refractivity contribution in [2.45, 2.75) is 30.6 Å². The molecule has 3 aromatic heterocycles. The molecule has 0 saturated heterocycles. The minimum atomic E-state index is -0.405. The number of methoxy groups -OCH3 is 1. The number of nitrogens with zero attached hydrogens (tertiary/aromatic N) is 4. The number of carbonyl (C=O) groups excluding carboxylic acids is 1. The molecule has 4 rings (SSSR count). The third-order valence-corrected chi connectivity index (χ3v) is 6.68. The summed E-state index contributed by atoms with van der Waals surface area (Å²) in [6, 6.07) is 9.88. The number of hydrogen-bond acceptors (Lipinski definition) is 7. The third-order valence-electron chi connectivity index (χ3n) is 5.20. The molecule has 0 fully saturated rings. The zero-order valence-electron chi connectivity index (χ0n) is 18.7. The fourth-order valence-corrected chi connectivity index (χ4v) is 4.83. The zero-order valence-corrected chi connectivity index (χ0v) is 20.3. The second-order valence-electron chi connectivity index (χ2n) is 7.47. The molecule has 9 heteroatoms. The quantitative estimate of drug-likeness (QED) is 0.264. The molecule has 7 nitrogen and oxygen atoms in total. The van der Waals surface area contributed by atoms with Crippen LogP contribution in [0.5, 0.6) is 5.75 Å². The Balaban J connectivity index is 1.69. The number of para-hydroxylation sites is 1. The van der Waals surface area contributed by atoms with Gasteiger partial charge >= 0.3 is 5.97 Å². The van der Waals surface area contributed by atoms with Gasteiger partial charge in [0.25, 0.3) is 0 Å². The van der Waals surface area contributed by atoms with E-state index in [-0.39, 0.29) is 12.6 Å². The molecule has 0 bridgehead atoms. The standard InChI is InChI=1S/C24H23ClN4O3S/c1-14-10-17(20-8-9-27-29(20)3)16-6-5-7-21(23(16)28-14)32-13-18-19(25)11-26-12-22(18)33-15(2)24(30)31-4/h5-12,15H,13H2,1-4H3. The predicted molar refractivity (Wildman–Crippen MR) is 130 cm³/mol. The topological polar surface area (TPSA) is 79.1 Å². The first kappa shape index (κ1) is 23.1. The Labute approximate surface area is 201 Å². The maximum atomic E-state index is 11.9. The molecular weight excluding hydrogens is 460 g/mol. The Hall–Kier alpha value is -3.10. The maximum Gasteiger partial charge on any atom is 0.318 e. The van der Waals surface area contributed by atoms with Crippen molar-refractivity contribution in [3.63, 3.8) is 0 Å². The van der Waals surface area contributed by atoms with Crippen molar-refractivity contribution in [1.82, 2.24) is 19.7 Å². The molecule has 0 saturated carbocycles. The number of thioether (sulfide) groups is 1. The van der Waals surface area contributed by atoms with Gasteiger partial charge in [0.15, 0.2) is 0 Å². The van der Waals surface area contributed by atoms with Gasteiger partial charge in [-0.3, -0.25) is 14.5 Å². The highest BCUT2D eigenvalue weighted by Crippen LogP contribution is 2.35. The van der Waals surface area contributed by atoms with Crippen LogP contribution in [0.2, 0.25) is 5.02 Å². The minimum absolute atomic E-state index is 0.202. The first-order valence-electron chi connectivity index (χ1n) is 10.3. The second-order valence-corrected chi connectivity index (χ2v) is 9.26. The summed E-state index contributed by atoms with van der Waals surface area (Å²) in [5.41, 5.74) is 4.42. The number of carbonyl (C=O) groups is 1. The van der Waals surface area contributed by atoms with Crippen LogP contribution in [0, 0.1) is 6.92 Å². The van der Waals surface area contributed by atoms with Gasteiger partial charge < -0.3 is 9.47 Å². The number of aryl methyl sites for hydroxylation is 2. The van der Waals surface area contributed by atoms with E-state index >= 15 is 0 Å². The zero-order chi connectivity index (χ0) is 23.5. The van der Waals surface area contributed by atoms with Crippen LogP contribution in [-0.2, 0) is 23.2 Å². The lowest BCUT2D eigenvalue weighted by Gasteiger charge is -2.16. The Morgan fingerprint density at radius 3 is 2.82 bits per heavy atom. The highest BCUT2D eigenvalue weighted by molar-refractivity contribution is 8.00. The molecule has 0 N–H and O–H groups in total. The van der Waals surface area contributed by atoms with Crippen molar-refractivity contribution in [3.8, 4) is 17.0 Å². The van der Waals surface area contributed by atoms with E-state index in [1.165, 1.54) is 18.9 Å². The lowest BCUT2D eigenvalue weighted by molar-refractivity contribution is -0.139. The van der Waals surface area contributed by atoms with E-state index in [9.17, 15) is 4.79 Å². The monoisotopic (exact) mass is 482 g/mol. The maximum absolute atomic E-state index is 11.9. The number of aromatic nitrogens is 4. The number of pyridine rings is 2. The highest BCUT2D eigenvalue weighted by Gasteiger charge is 2.19. The average molecular weight is 483 g/mol. The molecule has 0 aliphatic heterocycles. The van der Waals surface area contributed by atoms with Gasteiger partial charge in [-0.05, 0) is 32.0 Å². The largest absolute Gasteiger partial charge is 0.487 e. The molecule has 0 spiro atoms. The Kier molecular flexibility index (Phi) is 6.85. The minimum Gasteiger partial charge on any atom is -0.487 e. The van der Waals surface area contributed by atoms with Gasteiger partial charge in [0.1, 0.15) is 23.1 Å². The van der Waals surface area contributed by atoms with Crippen LogP contribution in [-0.4, -0.2) is 38.1 Å². The molecule has 0 amide bonds. The summed E-state index contributed by atoms with van der Waals surface area (Å²) in [5, 5.41) is 5.33. The average Bonchev–Trinajstić information content (AvgIpc) is 3.23. The Morgan fingerprint density at radius 1 is 1.27 bits per heavy atom. The van der Waals surface area contributed by atoms with Crippen molar-refractivity contribution in [3.05, 3.63) is 65.2 Å². The van der Waals surface area contributed by atoms with E-state index in [1.807, 2.05) is 49.0 Å². The SMILES string of the molecule is COC(=O)C(C)Sc1cncc(Cl)c1COc1cccc2c(-c3ccnn3C)cc(C)nc12. The summed E-state index contributed by atoms with van der Waals surface area (Å²) in [6.07, 6.45) is 5.02. The van der Waals surface area contributed by atoms with Crippen LogP contribution < -0.4 is 4.74 Å². The molecule has 0 radical (unpaired) electrons. The van der Waals surface area contributed by atoms with Crippen molar-refractivity contribution in [2.24, 2.45) is 7.05 Å². The van der Waals surface area contributed by atoms with E-state index < -0.39 is 5.25 Å². The number of esters is 1. The molecule has 1 unspecified atom stereocenters. The van der Waals surface area contributed by atoms with Crippen LogP contribution in [0.3, 0.4) is 0 Å². The van der Waals surface area contributed by atoms with Gasteiger partial charge in [-0.2, -0.15) is 5.10 Å². The molecule has 4 aromatic rings. The van der Waals surface area contributed by atoms with Gasteiger partial charge in [0.05, 0.1) is 17.8 Å². The molecule has 170 valence electrons. The van der Waals surface area contributed by atoms with E-state index in [1.54, 1.807) is 25.5 Å². The van der Waals surface area contributed by atoms with Crippen molar-refractivity contribution in [2.75, 3.05) is 7.11 Å². The number of rotatable bonds is 7. The van der Waals surface area contributed by atoms with E-state index in [0.717, 1.165) is 38.3 Å². The van der Waals surface area contributed by atoms with Gasteiger partial charge in [-0.1, -0.05) is 23.7 Å². The second kappa shape index (κ2) is 9.80. The first-order chi connectivity index (χ1) is 15.9. The number of ether oxygens (including phenoxy) is 2. The molecule has 33 heavy (non-hydrogen) atoms. The molecular formula is C24H23ClN4O3S. The van der Waals surface area contributed by atoms with Crippen molar-refractivity contribution in [1.29, 1.82) is 0 Å². The fourth-order valence-electron chi connectivity index (χ4n) is 3.56. The molecule has 3 heterocycles. The van der Waals surface area contributed by atoms with E-state index in [2.05, 4.69) is 10.1 Å². The lowest BCUT2D eigenvalue weighted by Crippen LogP contribution is -2.15. The van der Waals surface area contributed by atoms with Crippen molar-refractivity contribution >= 4 is 40.2 Å². The third kappa shape index (κ3) is 4.82. The number of benzene rings is 1. The van der Waals surface area contributed by atoms with Crippen LogP contribution in [0.15, 0.2) is 53.8 Å². The first-order valence-corrected chi connectivity index (χ1v) is 11.5. The summed E-state index contributed by atoms with van der Waals surface area (Å²) in [7, 11) is 3.28. The normalized spacial score (nSPS) is 12.0. The van der Waals surface area contributed by atoms with Crippen LogP contribution in [0.4, 0.5) is 0 Å². The number of halogens is 1. The van der Waals surface area contributed by atoms with Gasteiger partial charge in [-0.25, -0.2) is 4.98 Å². The molecule has 1 atom stereocenters. The van der Waals surface area contributed by atoms with E-state index in [0.29, 0.717) is 10.8 Å². The molecule has 0 aliphatic rings. The number of hydrogen-bond donors (Lipinski definition) is 0. The van der Waals surface area contributed by atoms with Crippen LogP contribution in [0.1, 0.15) is 18.2 Å².